The highest BCUT2D eigenvalue weighted by Gasteiger charge is 2.02. The maximum atomic E-state index is 5.69. The molecule has 0 saturated carbocycles. The molecule has 11 heavy (non-hydrogen) atoms. The molecule has 0 bridgehead atoms. The van der Waals surface area contributed by atoms with Crippen LogP contribution in [0.15, 0.2) is 16.7 Å². The van der Waals surface area contributed by atoms with E-state index in [1.807, 2.05) is 0 Å². The zero-order valence-electron chi connectivity index (χ0n) is 5.31. The minimum absolute atomic E-state index is 0.452. The molecular weight excluding hydrogens is 229 g/mol. The second kappa shape index (κ2) is 2.46. The van der Waals surface area contributed by atoms with E-state index in [-0.39, 0.29) is 0 Å². The Kier molecular flexibility index (Phi) is 1.58. The van der Waals surface area contributed by atoms with E-state index in [1.54, 1.807) is 12.3 Å². The van der Waals surface area contributed by atoms with Crippen molar-refractivity contribution in [1.29, 1.82) is 0 Å². The summed E-state index contributed by atoms with van der Waals surface area (Å²) in [5, 5.41) is 7.94. The molecule has 0 aliphatic carbocycles. The zero-order valence-corrected chi connectivity index (χ0v) is 7.65. The first-order valence-electron chi connectivity index (χ1n) is 2.92. The van der Waals surface area contributed by atoms with E-state index >= 15 is 0 Å². The van der Waals surface area contributed by atoms with Gasteiger partial charge in [0, 0.05) is 4.47 Å². The summed E-state index contributed by atoms with van der Waals surface area (Å²) >= 11 is 9.03. The Hall–Kier alpha value is -0.610. The van der Waals surface area contributed by atoms with Gasteiger partial charge in [0.2, 0.25) is 0 Å². The van der Waals surface area contributed by atoms with Gasteiger partial charge in [-0.25, -0.2) is 4.98 Å². The lowest BCUT2D eigenvalue weighted by Crippen LogP contribution is -1.78. The van der Waals surface area contributed by atoms with Crippen LogP contribution in [0.5, 0.6) is 0 Å². The van der Waals surface area contributed by atoms with Crippen molar-refractivity contribution in [2.75, 3.05) is 0 Å². The first-order valence-corrected chi connectivity index (χ1v) is 4.09. The Morgan fingerprint density at radius 1 is 1.55 bits per heavy atom. The molecule has 0 saturated heterocycles. The van der Waals surface area contributed by atoms with Crippen LogP contribution in [0.3, 0.4) is 0 Å². The fourth-order valence-electron chi connectivity index (χ4n) is 0.861. The average Bonchev–Trinajstić information content (AvgIpc) is 2.34. The number of fused-ring (bicyclic) bond motifs is 1. The van der Waals surface area contributed by atoms with Gasteiger partial charge in [-0.1, -0.05) is 11.6 Å². The summed E-state index contributed by atoms with van der Waals surface area (Å²) in [6.07, 6.45) is 1.70. The van der Waals surface area contributed by atoms with Gasteiger partial charge in [0.25, 0.3) is 0 Å². The second-order valence-corrected chi connectivity index (χ2v) is 3.30. The first kappa shape index (κ1) is 7.06. The highest BCUT2D eigenvalue weighted by atomic mass is 79.9. The van der Waals surface area contributed by atoms with Crippen LogP contribution in [-0.2, 0) is 0 Å². The van der Waals surface area contributed by atoms with E-state index in [2.05, 4.69) is 31.1 Å². The Morgan fingerprint density at radius 2 is 2.36 bits per heavy atom. The third kappa shape index (κ3) is 1.12. The quantitative estimate of drug-likeness (QED) is 0.709. The molecule has 0 radical (unpaired) electrons. The Labute approximate surface area is 75.9 Å². The van der Waals surface area contributed by atoms with E-state index in [0.29, 0.717) is 10.8 Å². The summed E-state index contributed by atoms with van der Waals surface area (Å²) in [5.41, 5.74) is 0.698. The molecule has 0 aliphatic rings. The van der Waals surface area contributed by atoms with Gasteiger partial charge >= 0.3 is 0 Å². The van der Waals surface area contributed by atoms with Gasteiger partial charge in [0.15, 0.2) is 5.65 Å². The number of nitrogens with zero attached hydrogens (tertiary/aromatic N) is 2. The van der Waals surface area contributed by atoms with Gasteiger partial charge in [-0.05, 0) is 22.0 Å². The van der Waals surface area contributed by atoms with Crippen molar-refractivity contribution >= 4 is 38.6 Å². The molecule has 0 fully saturated rings. The highest BCUT2D eigenvalue weighted by Crippen LogP contribution is 2.23. The predicted molar refractivity (Wildman–Crippen MR) is 46.6 cm³/mol. The maximum Gasteiger partial charge on any atom is 0.158 e. The molecular formula is C6H3BrClN3. The largest absolute Gasteiger partial charge is 0.261 e. The number of aromatic nitrogens is 3. The average molecular weight is 232 g/mol. The second-order valence-electron chi connectivity index (χ2n) is 2.06. The van der Waals surface area contributed by atoms with Crippen LogP contribution in [0.1, 0.15) is 0 Å². The third-order valence-electron chi connectivity index (χ3n) is 1.34. The monoisotopic (exact) mass is 231 g/mol. The molecule has 0 amide bonds. The maximum absolute atomic E-state index is 5.69. The van der Waals surface area contributed by atoms with E-state index in [4.69, 9.17) is 11.6 Å². The van der Waals surface area contributed by atoms with Crippen LogP contribution >= 0.6 is 27.5 Å². The number of halogens is 2. The van der Waals surface area contributed by atoms with Crippen molar-refractivity contribution < 1.29 is 0 Å². The molecule has 2 aromatic heterocycles. The normalized spacial score (nSPS) is 10.7. The number of H-pyrrole nitrogens is 1. The molecule has 1 N–H and O–H groups in total. The summed E-state index contributed by atoms with van der Waals surface area (Å²) in [6.45, 7) is 0. The molecule has 3 nitrogen and oxygen atoms in total. The standard InChI is InChI=1S/C6H3BrClN3/c7-4-1-5(8)10-6-3(4)2-9-11-6/h1-2H,(H,9,10,11). The third-order valence-corrected chi connectivity index (χ3v) is 2.19. The summed E-state index contributed by atoms with van der Waals surface area (Å²) < 4.78 is 0.904. The van der Waals surface area contributed by atoms with Crippen molar-refractivity contribution in [3.8, 4) is 0 Å². The van der Waals surface area contributed by atoms with Crippen molar-refractivity contribution in [3.63, 3.8) is 0 Å². The number of nitrogens with one attached hydrogen (secondary N) is 1. The SMILES string of the molecule is Clc1cc(Br)c2cn[nH]c2n1. The van der Waals surface area contributed by atoms with Crippen molar-refractivity contribution in [2.45, 2.75) is 0 Å². The molecule has 0 unspecified atom stereocenters. The van der Waals surface area contributed by atoms with Crippen molar-refractivity contribution in [3.05, 3.63) is 21.9 Å². The molecule has 2 rings (SSSR count). The predicted octanol–water partition coefficient (Wildman–Crippen LogP) is 2.37. The van der Waals surface area contributed by atoms with E-state index in [0.717, 1.165) is 9.86 Å². The van der Waals surface area contributed by atoms with Gasteiger partial charge in [-0.2, -0.15) is 5.10 Å². The smallest absolute Gasteiger partial charge is 0.158 e. The van der Waals surface area contributed by atoms with Gasteiger partial charge in [0.1, 0.15) is 5.15 Å². The van der Waals surface area contributed by atoms with E-state index < -0.39 is 0 Å². The summed E-state index contributed by atoms with van der Waals surface area (Å²) in [5.74, 6) is 0. The lowest BCUT2D eigenvalue weighted by Gasteiger charge is -1.92. The van der Waals surface area contributed by atoms with Crippen LogP contribution in [0.25, 0.3) is 11.0 Å². The topological polar surface area (TPSA) is 41.6 Å². The van der Waals surface area contributed by atoms with Crippen LogP contribution in [0, 0.1) is 0 Å². The molecule has 2 aromatic rings. The molecule has 0 aliphatic heterocycles. The van der Waals surface area contributed by atoms with E-state index in [9.17, 15) is 0 Å². The fourth-order valence-corrected chi connectivity index (χ4v) is 1.69. The van der Waals surface area contributed by atoms with Gasteiger partial charge in [0.05, 0.1) is 11.6 Å². The van der Waals surface area contributed by atoms with Gasteiger partial charge < -0.3 is 0 Å². The van der Waals surface area contributed by atoms with Crippen molar-refractivity contribution in [2.24, 2.45) is 0 Å². The minimum atomic E-state index is 0.452. The van der Waals surface area contributed by atoms with Gasteiger partial charge in [-0.15, -0.1) is 0 Å². The number of hydrogen-bond donors (Lipinski definition) is 1. The number of aromatic amines is 1. The Balaban J connectivity index is 2.91. The molecule has 0 atom stereocenters. The molecule has 0 aromatic carbocycles. The van der Waals surface area contributed by atoms with Crippen LogP contribution in [0.4, 0.5) is 0 Å². The number of hydrogen-bond acceptors (Lipinski definition) is 2. The van der Waals surface area contributed by atoms with Crippen molar-refractivity contribution in [1.82, 2.24) is 15.2 Å². The number of rotatable bonds is 0. The molecule has 0 spiro atoms. The fraction of sp³-hybridized carbons (Fsp3) is 0. The summed E-state index contributed by atoms with van der Waals surface area (Å²) in [6, 6.07) is 1.74. The van der Waals surface area contributed by atoms with Crippen LogP contribution in [0.2, 0.25) is 5.15 Å². The molecule has 56 valence electrons. The first-order chi connectivity index (χ1) is 5.27. The number of pyridine rings is 1. The highest BCUT2D eigenvalue weighted by molar-refractivity contribution is 9.10. The van der Waals surface area contributed by atoms with E-state index in [1.165, 1.54) is 0 Å². The Morgan fingerprint density at radius 3 is 3.18 bits per heavy atom. The Bertz CT molecular complexity index is 398. The van der Waals surface area contributed by atoms with Gasteiger partial charge in [-0.3, -0.25) is 5.10 Å². The minimum Gasteiger partial charge on any atom is -0.261 e. The van der Waals surface area contributed by atoms with Crippen LogP contribution < -0.4 is 0 Å². The lowest BCUT2D eigenvalue weighted by atomic mass is 10.4. The molecule has 2 heterocycles. The molecule has 5 heteroatoms. The van der Waals surface area contributed by atoms with Crippen LogP contribution in [-0.4, -0.2) is 15.2 Å². The summed E-state index contributed by atoms with van der Waals surface area (Å²) in [4.78, 5) is 4.01. The zero-order chi connectivity index (χ0) is 7.84. The lowest BCUT2D eigenvalue weighted by molar-refractivity contribution is 1.10. The summed E-state index contributed by atoms with van der Waals surface area (Å²) in [7, 11) is 0.